The number of hydrogen-bond donors (Lipinski definition) is 2. The quantitative estimate of drug-likeness (QED) is 0.332. The number of carbonyl (C=O) groups is 3. The molecule has 2 N–H and O–H groups in total. The molecule has 4 rings (SSSR count). The van der Waals surface area contributed by atoms with E-state index in [-0.39, 0.29) is 30.7 Å². The molecule has 1 aliphatic heterocycles. The first-order valence-electron chi connectivity index (χ1n) is 13.0. The molecule has 0 fully saturated rings. The van der Waals surface area contributed by atoms with Gasteiger partial charge in [0.2, 0.25) is 5.91 Å². The predicted molar refractivity (Wildman–Crippen MR) is 148 cm³/mol. The van der Waals surface area contributed by atoms with Gasteiger partial charge in [0.05, 0.1) is 12.3 Å². The minimum Gasteiger partial charge on any atom is -0.481 e. The summed E-state index contributed by atoms with van der Waals surface area (Å²) in [5.74, 6) is -1.70. The lowest BCUT2D eigenvalue weighted by atomic mass is 9.77. The molecule has 0 aliphatic carbocycles. The smallest absolute Gasteiger partial charge is 0.305 e. The van der Waals surface area contributed by atoms with Gasteiger partial charge >= 0.3 is 5.97 Å². The fraction of sp³-hybridized carbons (Fsp3) is 0.323. The van der Waals surface area contributed by atoms with E-state index in [1.807, 2.05) is 41.3 Å². The number of hydrogen-bond acceptors (Lipinski definition) is 3. The van der Waals surface area contributed by atoms with E-state index in [1.165, 1.54) is 16.7 Å². The summed E-state index contributed by atoms with van der Waals surface area (Å²) in [4.78, 5) is 39.3. The van der Waals surface area contributed by atoms with Crippen LogP contribution in [0.1, 0.15) is 76.2 Å². The summed E-state index contributed by atoms with van der Waals surface area (Å²) in [5.41, 5.74) is 5.91. The molecule has 0 aromatic heterocycles. The lowest BCUT2D eigenvalue weighted by molar-refractivity contribution is -0.137. The maximum Gasteiger partial charge on any atom is 0.305 e. The monoisotopic (exact) mass is 532 g/mol. The van der Waals surface area contributed by atoms with Crippen LogP contribution in [0, 0.1) is 6.92 Å². The summed E-state index contributed by atoms with van der Waals surface area (Å²) in [5, 5.41) is 12.1. The Kier molecular flexibility index (Phi) is 8.85. The third kappa shape index (κ3) is 6.43. The maximum atomic E-state index is 14.2. The molecule has 1 heterocycles. The van der Waals surface area contributed by atoms with Crippen LogP contribution in [-0.2, 0) is 22.7 Å². The third-order valence-electron chi connectivity index (χ3n) is 7.12. The van der Waals surface area contributed by atoms with E-state index in [0.29, 0.717) is 23.7 Å². The molecule has 198 valence electrons. The minimum absolute atomic E-state index is 0.0687. The first-order valence-corrected chi connectivity index (χ1v) is 13.4. The van der Waals surface area contributed by atoms with Gasteiger partial charge in [-0.3, -0.25) is 14.4 Å². The molecule has 0 radical (unpaired) electrons. The fourth-order valence-corrected chi connectivity index (χ4v) is 5.32. The highest BCUT2D eigenvalue weighted by Crippen LogP contribution is 2.40. The van der Waals surface area contributed by atoms with Gasteiger partial charge in [0.15, 0.2) is 0 Å². The normalized spacial score (nSPS) is 14.0. The Morgan fingerprint density at radius 3 is 2.26 bits per heavy atom. The maximum absolute atomic E-state index is 14.2. The van der Waals surface area contributed by atoms with Crippen LogP contribution >= 0.6 is 11.6 Å². The molecule has 0 saturated carbocycles. The Morgan fingerprint density at radius 2 is 1.61 bits per heavy atom. The number of amides is 2. The van der Waals surface area contributed by atoms with Crippen LogP contribution in [0.25, 0.3) is 0 Å². The number of nitrogens with zero attached hydrogens (tertiary/aromatic N) is 1. The van der Waals surface area contributed by atoms with E-state index in [2.05, 4.69) is 37.4 Å². The van der Waals surface area contributed by atoms with E-state index >= 15 is 0 Å². The lowest BCUT2D eigenvalue weighted by Crippen LogP contribution is -2.34. The first-order chi connectivity index (χ1) is 18.3. The largest absolute Gasteiger partial charge is 0.481 e. The van der Waals surface area contributed by atoms with Crippen molar-refractivity contribution in [2.45, 2.75) is 58.0 Å². The number of carboxylic acid groups (broad SMARTS) is 1. The second kappa shape index (κ2) is 12.3. The van der Waals surface area contributed by atoms with Crippen molar-refractivity contribution in [3.63, 3.8) is 0 Å². The summed E-state index contributed by atoms with van der Waals surface area (Å²) in [7, 11) is 0. The predicted octanol–water partition coefficient (Wildman–Crippen LogP) is 6.06. The molecule has 38 heavy (non-hydrogen) atoms. The summed E-state index contributed by atoms with van der Waals surface area (Å²) in [6, 6.07) is 21.2. The van der Waals surface area contributed by atoms with Gasteiger partial charge < -0.3 is 15.3 Å². The fourth-order valence-electron chi connectivity index (χ4n) is 5.20. The van der Waals surface area contributed by atoms with Gasteiger partial charge in [0.1, 0.15) is 0 Å². The number of carbonyl (C=O) groups excluding carboxylic acids is 2. The van der Waals surface area contributed by atoms with Gasteiger partial charge in [0.25, 0.3) is 5.91 Å². The average Bonchev–Trinajstić information content (AvgIpc) is 3.32. The Bertz CT molecular complexity index is 1300. The number of aryl methyl sites for hydroxylation is 1. The molecule has 0 saturated heterocycles. The van der Waals surface area contributed by atoms with E-state index in [4.69, 9.17) is 16.7 Å². The highest BCUT2D eigenvalue weighted by atomic mass is 35.5. The van der Waals surface area contributed by atoms with Gasteiger partial charge in [-0.25, -0.2) is 0 Å². The van der Waals surface area contributed by atoms with Gasteiger partial charge in [-0.2, -0.15) is 0 Å². The number of rotatable bonds is 10. The van der Waals surface area contributed by atoms with Crippen LogP contribution < -0.4 is 5.32 Å². The standard InChI is InChI=1S/C31H33ClN2O4/c1-3-4-27(21-7-9-23(10-8-21)30(37)33-16-15-28(35)36)29(22-11-13-26(32)14-12-22)31(38)34-18-24-6-5-20(2)17-25(24)19-34/h5-14,17,27,29H,3-4,15-16,18-19H2,1-2H3,(H,33,37)(H,35,36). The van der Waals surface area contributed by atoms with Crippen molar-refractivity contribution < 1.29 is 19.5 Å². The molecule has 0 bridgehead atoms. The molecular weight excluding hydrogens is 500 g/mol. The number of nitrogens with one attached hydrogen (secondary N) is 1. The van der Waals surface area contributed by atoms with E-state index < -0.39 is 11.9 Å². The van der Waals surface area contributed by atoms with Gasteiger partial charge in [-0.05, 0) is 65.8 Å². The molecule has 6 nitrogen and oxygen atoms in total. The highest BCUT2D eigenvalue weighted by Gasteiger charge is 2.36. The van der Waals surface area contributed by atoms with Crippen LogP contribution in [0.2, 0.25) is 5.02 Å². The van der Waals surface area contributed by atoms with Crippen molar-refractivity contribution in [1.82, 2.24) is 10.2 Å². The number of halogens is 1. The second-order valence-electron chi connectivity index (χ2n) is 9.91. The van der Waals surface area contributed by atoms with Crippen molar-refractivity contribution in [3.05, 3.63) is 105 Å². The third-order valence-corrected chi connectivity index (χ3v) is 7.37. The first kappa shape index (κ1) is 27.4. The number of fused-ring (bicyclic) bond motifs is 1. The number of carboxylic acids is 1. The highest BCUT2D eigenvalue weighted by molar-refractivity contribution is 6.30. The van der Waals surface area contributed by atoms with Crippen molar-refractivity contribution in [3.8, 4) is 0 Å². The summed E-state index contributed by atoms with van der Waals surface area (Å²) < 4.78 is 0. The van der Waals surface area contributed by atoms with Crippen LogP contribution in [-0.4, -0.2) is 34.3 Å². The zero-order chi connectivity index (χ0) is 27.2. The van der Waals surface area contributed by atoms with Crippen molar-refractivity contribution in [1.29, 1.82) is 0 Å². The average molecular weight is 533 g/mol. The molecule has 1 aliphatic rings. The van der Waals surface area contributed by atoms with E-state index in [1.54, 1.807) is 12.1 Å². The molecule has 2 atom stereocenters. The number of aliphatic carboxylic acids is 1. The Labute approximate surface area is 228 Å². The van der Waals surface area contributed by atoms with Crippen LogP contribution in [0.4, 0.5) is 0 Å². The molecular formula is C31H33ClN2O4. The zero-order valence-electron chi connectivity index (χ0n) is 21.7. The molecule has 3 aromatic rings. The van der Waals surface area contributed by atoms with Crippen LogP contribution in [0.15, 0.2) is 66.7 Å². The second-order valence-corrected chi connectivity index (χ2v) is 10.3. The molecule has 2 amide bonds. The summed E-state index contributed by atoms with van der Waals surface area (Å²) in [6.45, 7) is 5.42. The van der Waals surface area contributed by atoms with Crippen molar-refractivity contribution in [2.24, 2.45) is 0 Å². The van der Waals surface area contributed by atoms with Crippen LogP contribution in [0.5, 0.6) is 0 Å². The van der Waals surface area contributed by atoms with Crippen molar-refractivity contribution >= 4 is 29.4 Å². The number of benzene rings is 3. The molecule has 0 spiro atoms. The molecule has 2 unspecified atom stereocenters. The topological polar surface area (TPSA) is 86.7 Å². The molecule has 3 aromatic carbocycles. The minimum atomic E-state index is -0.961. The van der Waals surface area contributed by atoms with E-state index in [9.17, 15) is 14.4 Å². The van der Waals surface area contributed by atoms with Gasteiger partial charge in [0, 0.05) is 30.2 Å². The van der Waals surface area contributed by atoms with E-state index in [0.717, 1.165) is 24.0 Å². The van der Waals surface area contributed by atoms with Gasteiger partial charge in [-0.15, -0.1) is 0 Å². The van der Waals surface area contributed by atoms with Crippen LogP contribution in [0.3, 0.4) is 0 Å². The lowest BCUT2D eigenvalue weighted by Gasteiger charge is -2.31. The molecule has 7 heteroatoms. The SMILES string of the molecule is CCCC(c1ccc(C(=O)NCCC(=O)O)cc1)C(C(=O)N1Cc2ccc(C)cc2C1)c1ccc(Cl)cc1. The Hall–Kier alpha value is -3.64. The Balaban J connectivity index is 1.63. The summed E-state index contributed by atoms with van der Waals surface area (Å²) >= 11 is 6.19. The summed E-state index contributed by atoms with van der Waals surface area (Å²) in [6.07, 6.45) is 1.55. The van der Waals surface area contributed by atoms with Crippen molar-refractivity contribution in [2.75, 3.05) is 6.54 Å². The van der Waals surface area contributed by atoms with Gasteiger partial charge in [-0.1, -0.05) is 73.0 Å². The zero-order valence-corrected chi connectivity index (χ0v) is 22.5. The Morgan fingerprint density at radius 1 is 0.947 bits per heavy atom.